The molecule has 0 spiro atoms. The molecule has 1 aliphatic carbocycles. The number of hydrogen-bond acceptors (Lipinski definition) is 4. The van der Waals surface area contributed by atoms with Gasteiger partial charge >= 0.3 is 12.1 Å². The van der Waals surface area contributed by atoms with Crippen LogP contribution in [0.4, 0.5) is 4.79 Å². The minimum absolute atomic E-state index is 0.0792. The molecule has 2 aromatic rings. The third kappa shape index (κ3) is 5.28. The zero-order chi connectivity index (χ0) is 23.3. The van der Waals surface area contributed by atoms with Crippen LogP contribution in [-0.4, -0.2) is 41.8 Å². The molecule has 0 heterocycles. The van der Waals surface area contributed by atoms with E-state index < -0.39 is 30.1 Å². The Labute approximate surface area is 188 Å². The minimum atomic E-state index is -1.09. The first-order valence-electron chi connectivity index (χ1n) is 11.0. The van der Waals surface area contributed by atoms with Gasteiger partial charge in [-0.3, -0.25) is 4.79 Å². The summed E-state index contributed by atoms with van der Waals surface area (Å²) in [6.07, 6.45) is -0.0865. The number of benzene rings is 2. The number of ether oxygens (including phenoxy) is 1. The molecule has 2 atom stereocenters. The zero-order valence-corrected chi connectivity index (χ0v) is 18.6. The number of fused-ring (bicyclic) bond motifs is 3. The van der Waals surface area contributed by atoms with Crippen molar-refractivity contribution >= 4 is 18.0 Å². The zero-order valence-electron chi connectivity index (χ0n) is 18.6. The third-order valence-corrected chi connectivity index (χ3v) is 5.68. The Morgan fingerprint density at radius 2 is 1.50 bits per heavy atom. The van der Waals surface area contributed by atoms with E-state index in [0.717, 1.165) is 22.3 Å². The first kappa shape index (κ1) is 23.3. The van der Waals surface area contributed by atoms with Crippen molar-refractivity contribution in [3.8, 4) is 11.1 Å². The summed E-state index contributed by atoms with van der Waals surface area (Å²) in [5.74, 6) is -1.60. The summed E-state index contributed by atoms with van der Waals surface area (Å²) in [5, 5.41) is 14.4. The molecule has 3 N–H and O–H groups in total. The number of aliphatic carboxylic acids is 1. The van der Waals surface area contributed by atoms with Crippen LogP contribution in [0.25, 0.3) is 11.1 Å². The van der Waals surface area contributed by atoms with Crippen LogP contribution < -0.4 is 10.6 Å². The van der Waals surface area contributed by atoms with Gasteiger partial charge < -0.3 is 20.5 Å². The van der Waals surface area contributed by atoms with E-state index in [0.29, 0.717) is 12.8 Å². The van der Waals surface area contributed by atoms with Gasteiger partial charge in [0.25, 0.3) is 0 Å². The van der Waals surface area contributed by atoms with Crippen LogP contribution in [-0.2, 0) is 14.3 Å². The number of amides is 2. The summed E-state index contributed by atoms with van der Waals surface area (Å²) >= 11 is 0. The van der Waals surface area contributed by atoms with Gasteiger partial charge in [-0.15, -0.1) is 0 Å². The van der Waals surface area contributed by atoms with Crippen molar-refractivity contribution in [1.29, 1.82) is 0 Å². The van der Waals surface area contributed by atoms with Crippen LogP contribution in [0.15, 0.2) is 48.5 Å². The van der Waals surface area contributed by atoms with Crippen molar-refractivity contribution in [3.05, 3.63) is 59.7 Å². The van der Waals surface area contributed by atoms with Gasteiger partial charge in [-0.2, -0.15) is 0 Å². The summed E-state index contributed by atoms with van der Waals surface area (Å²) in [5.41, 5.74) is 4.47. The smallest absolute Gasteiger partial charge is 0.407 e. The number of alkyl carbamates (subject to hydrolysis) is 1. The largest absolute Gasteiger partial charge is 0.480 e. The molecule has 7 heteroatoms. The van der Waals surface area contributed by atoms with Crippen LogP contribution in [0.5, 0.6) is 0 Å². The lowest BCUT2D eigenvalue weighted by molar-refractivity contribution is -0.142. The molecule has 1 unspecified atom stereocenters. The first-order chi connectivity index (χ1) is 15.3. The SMILES string of the molecule is CCC(NC(=O)OCC1c2ccccc2-c2ccccc21)C(=O)N[C@H](CC(C)C)C(=O)O. The van der Waals surface area contributed by atoms with E-state index in [4.69, 9.17) is 4.74 Å². The fourth-order valence-electron chi connectivity index (χ4n) is 4.10. The Morgan fingerprint density at radius 1 is 0.938 bits per heavy atom. The summed E-state index contributed by atoms with van der Waals surface area (Å²) in [6.45, 7) is 5.65. The van der Waals surface area contributed by atoms with E-state index in [9.17, 15) is 19.5 Å². The predicted molar refractivity (Wildman–Crippen MR) is 121 cm³/mol. The van der Waals surface area contributed by atoms with E-state index >= 15 is 0 Å². The van der Waals surface area contributed by atoms with Crippen molar-refractivity contribution in [2.24, 2.45) is 5.92 Å². The Balaban J connectivity index is 1.61. The molecule has 0 saturated heterocycles. The number of carboxylic acids is 1. The second-order valence-electron chi connectivity index (χ2n) is 8.46. The van der Waals surface area contributed by atoms with Crippen molar-refractivity contribution in [2.75, 3.05) is 6.61 Å². The Hall–Kier alpha value is -3.35. The van der Waals surface area contributed by atoms with Crippen molar-refractivity contribution < 1.29 is 24.2 Å². The van der Waals surface area contributed by atoms with Crippen LogP contribution in [0.2, 0.25) is 0 Å². The molecular formula is C25H30N2O5. The van der Waals surface area contributed by atoms with Crippen LogP contribution in [0, 0.1) is 5.92 Å². The minimum Gasteiger partial charge on any atom is -0.480 e. The van der Waals surface area contributed by atoms with E-state index in [1.807, 2.05) is 50.2 Å². The Morgan fingerprint density at radius 3 is 2.00 bits per heavy atom. The molecule has 32 heavy (non-hydrogen) atoms. The molecule has 3 rings (SSSR count). The van der Waals surface area contributed by atoms with Gasteiger partial charge in [0.2, 0.25) is 5.91 Å². The molecule has 0 bridgehead atoms. The second-order valence-corrected chi connectivity index (χ2v) is 8.46. The summed E-state index contributed by atoms with van der Waals surface area (Å²) < 4.78 is 5.49. The highest BCUT2D eigenvalue weighted by atomic mass is 16.5. The number of hydrogen-bond donors (Lipinski definition) is 3. The van der Waals surface area contributed by atoms with Gasteiger partial charge in [-0.05, 0) is 41.0 Å². The van der Waals surface area contributed by atoms with Crippen molar-refractivity contribution in [3.63, 3.8) is 0 Å². The van der Waals surface area contributed by atoms with E-state index in [1.165, 1.54) is 0 Å². The van der Waals surface area contributed by atoms with Gasteiger partial charge in [0.05, 0.1) is 0 Å². The summed E-state index contributed by atoms with van der Waals surface area (Å²) in [4.78, 5) is 36.4. The number of carbonyl (C=O) groups excluding carboxylic acids is 2. The van der Waals surface area contributed by atoms with Gasteiger partial charge in [0, 0.05) is 5.92 Å². The molecular weight excluding hydrogens is 408 g/mol. The highest BCUT2D eigenvalue weighted by Crippen LogP contribution is 2.44. The standard InChI is InChI=1S/C25H30N2O5/c1-4-21(23(28)26-22(24(29)30)13-15(2)3)27-25(31)32-14-20-18-11-7-5-9-16(18)17-10-6-8-12-19(17)20/h5-12,15,20-22H,4,13-14H2,1-3H3,(H,26,28)(H,27,31)(H,29,30)/t21?,22-/m1/s1. The first-order valence-corrected chi connectivity index (χ1v) is 11.0. The molecule has 170 valence electrons. The van der Waals surface area contributed by atoms with Gasteiger partial charge in [-0.1, -0.05) is 69.3 Å². The maximum atomic E-state index is 12.5. The molecule has 0 saturated carbocycles. The number of carbonyl (C=O) groups is 3. The topological polar surface area (TPSA) is 105 Å². The molecule has 7 nitrogen and oxygen atoms in total. The van der Waals surface area contributed by atoms with Gasteiger partial charge in [-0.25, -0.2) is 9.59 Å². The van der Waals surface area contributed by atoms with E-state index in [1.54, 1.807) is 6.92 Å². The lowest BCUT2D eigenvalue weighted by Crippen LogP contribution is -2.51. The van der Waals surface area contributed by atoms with Gasteiger partial charge in [0.1, 0.15) is 18.7 Å². The molecule has 1 aliphatic rings. The van der Waals surface area contributed by atoms with Crippen LogP contribution in [0.1, 0.15) is 50.7 Å². The molecule has 0 fully saturated rings. The molecule has 0 aliphatic heterocycles. The summed E-state index contributed by atoms with van der Waals surface area (Å²) in [7, 11) is 0. The lowest BCUT2D eigenvalue weighted by Gasteiger charge is -2.22. The van der Waals surface area contributed by atoms with Crippen molar-refractivity contribution in [1.82, 2.24) is 10.6 Å². The second kappa shape index (κ2) is 10.3. The van der Waals surface area contributed by atoms with Crippen molar-refractivity contribution in [2.45, 2.75) is 51.6 Å². The Bertz CT molecular complexity index is 942. The fourth-order valence-corrected chi connectivity index (χ4v) is 4.10. The summed E-state index contributed by atoms with van der Waals surface area (Å²) in [6, 6.07) is 14.2. The monoisotopic (exact) mass is 438 g/mol. The molecule has 2 aromatic carbocycles. The third-order valence-electron chi connectivity index (χ3n) is 5.68. The number of rotatable bonds is 9. The normalized spacial score (nSPS) is 14.2. The highest BCUT2D eigenvalue weighted by molar-refractivity contribution is 5.89. The maximum Gasteiger partial charge on any atom is 0.407 e. The van der Waals surface area contributed by atoms with Crippen LogP contribution in [0.3, 0.4) is 0 Å². The fraction of sp³-hybridized carbons (Fsp3) is 0.400. The average molecular weight is 439 g/mol. The van der Waals surface area contributed by atoms with E-state index in [2.05, 4.69) is 22.8 Å². The molecule has 0 aromatic heterocycles. The van der Waals surface area contributed by atoms with Crippen LogP contribution >= 0.6 is 0 Å². The number of carboxylic acid groups (broad SMARTS) is 1. The predicted octanol–water partition coefficient (Wildman–Crippen LogP) is 3.92. The van der Waals surface area contributed by atoms with Gasteiger partial charge in [0.15, 0.2) is 0 Å². The Kier molecular flexibility index (Phi) is 7.51. The molecule has 2 amide bonds. The quantitative estimate of drug-likeness (QED) is 0.550. The molecule has 0 radical (unpaired) electrons. The maximum absolute atomic E-state index is 12.5. The van der Waals surface area contributed by atoms with E-state index in [-0.39, 0.29) is 18.4 Å². The lowest BCUT2D eigenvalue weighted by atomic mass is 9.98. The highest BCUT2D eigenvalue weighted by Gasteiger charge is 2.30. The number of nitrogens with one attached hydrogen (secondary N) is 2. The average Bonchev–Trinajstić information content (AvgIpc) is 3.09.